The first-order valence-electron chi connectivity index (χ1n) is 8.38. The minimum Gasteiger partial charge on any atom is -0.336 e. The van der Waals surface area contributed by atoms with Crippen LogP contribution in [0, 0.1) is 6.92 Å². The number of halogens is 1. The molecule has 2 atom stereocenters. The van der Waals surface area contributed by atoms with Crippen molar-refractivity contribution in [3.8, 4) is 5.69 Å². The van der Waals surface area contributed by atoms with E-state index in [2.05, 4.69) is 10.4 Å². The summed E-state index contributed by atoms with van der Waals surface area (Å²) in [6.45, 7) is 3.61. The first-order valence-corrected chi connectivity index (χ1v) is 8.38. The summed E-state index contributed by atoms with van der Waals surface area (Å²) in [7, 11) is 0. The van der Waals surface area contributed by atoms with Crippen molar-refractivity contribution in [2.45, 2.75) is 38.3 Å². The van der Waals surface area contributed by atoms with E-state index in [-0.39, 0.29) is 18.3 Å². The third-order valence-corrected chi connectivity index (χ3v) is 4.92. The van der Waals surface area contributed by atoms with Crippen LogP contribution in [0.15, 0.2) is 36.4 Å². The number of amides is 1. The van der Waals surface area contributed by atoms with Crippen molar-refractivity contribution in [2.75, 3.05) is 13.1 Å². The summed E-state index contributed by atoms with van der Waals surface area (Å²) in [4.78, 5) is 14.8. The highest BCUT2D eigenvalue weighted by Gasteiger charge is 2.32. The first-order chi connectivity index (χ1) is 11.2. The Kier molecular flexibility index (Phi) is 4.92. The molecule has 24 heavy (non-hydrogen) atoms. The molecule has 128 valence electrons. The van der Waals surface area contributed by atoms with Gasteiger partial charge in [-0.25, -0.2) is 4.68 Å². The number of rotatable bonds is 2. The van der Waals surface area contributed by atoms with Gasteiger partial charge in [0.1, 0.15) is 0 Å². The molecule has 0 saturated carbocycles. The topological polar surface area (TPSA) is 50.2 Å². The van der Waals surface area contributed by atoms with Crippen molar-refractivity contribution in [1.82, 2.24) is 20.0 Å². The molecule has 2 saturated heterocycles. The fraction of sp³-hybridized carbons (Fsp3) is 0.444. The number of carbonyl (C=O) groups excluding carboxylic acids is 1. The van der Waals surface area contributed by atoms with Crippen LogP contribution in [0.5, 0.6) is 0 Å². The molecule has 2 aromatic rings. The van der Waals surface area contributed by atoms with E-state index in [0.717, 1.165) is 30.9 Å². The summed E-state index contributed by atoms with van der Waals surface area (Å²) in [5.74, 6) is 0.0529. The normalized spacial score (nSPS) is 22.8. The van der Waals surface area contributed by atoms with Crippen molar-refractivity contribution in [1.29, 1.82) is 0 Å². The largest absolute Gasteiger partial charge is 0.336 e. The maximum Gasteiger partial charge on any atom is 0.274 e. The van der Waals surface area contributed by atoms with E-state index >= 15 is 0 Å². The van der Waals surface area contributed by atoms with Gasteiger partial charge < -0.3 is 10.2 Å². The lowest BCUT2D eigenvalue weighted by molar-refractivity contribution is 0.0741. The molecule has 6 heteroatoms. The number of nitrogens with zero attached hydrogens (tertiary/aromatic N) is 3. The van der Waals surface area contributed by atoms with Crippen LogP contribution in [0.4, 0.5) is 0 Å². The summed E-state index contributed by atoms with van der Waals surface area (Å²) in [5.41, 5.74) is 2.51. The molecule has 0 radical (unpaired) electrons. The van der Waals surface area contributed by atoms with Gasteiger partial charge in [0.05, 0.1) is 5.69 Å². The maximum atomic E-state index is 12.8. The molecular weight excluding hydrogens is 324 g/mol. The van der Waals surface area contributed by atoms with E-state index in [9.17, 15) is 4.79 Å². The number of aryl methyl sites for hydroxylation is 1. The van der Waals surface area contributed by atoms with Gasteiger partial charge in [-0.05, 0) is 44.4 Å². The zero-order chi connectivity index (χ0) is 15.8. The van der Waals surface area contributed by atoms with Crippen LogP contribution in [0.25, 0.3) is 5.69 Å². The molecule has 1 aromatic heterocycles. The van der Waals surface area contributed by atoms with Crippen LogP contribution < -0.4 is 5.32 Å². The van der Waals surface area contributed by atoms with E-state index in [1.807, 2.05) is 52.9 Å². The fourth-order valence-corrected chi connectivity index (χ4v) is 3.70. The van der Waals surface area contributed by atoms with E-state index < -0.39 is 0 Å². The molecule has 3 heterocycles. The van der Waals surface area contributed by atoms with Gasteiger partial charge >= 0.3 is 0 Å². The second-order valence-corrected chi connectivity index (χ2v) is 6.60. The predicted molar refractivity (Wildman–Crippen MR) is 96.0 cm³/mol. The Morgan fingerprint density at radius 2 is 1.92 bits per heavy atom. The van der Waals surface area contributed by atoms with Crippen LogP contribution in [0.3, 0.4) is 0 Å². The van der Waals surface area contributed by atoms with Gasteiger partial charge in [-0.1, -0.05) is 18.2 Å². The van der Waals surface area contributed by atoms with E-state index in [0.29, 0.717) is 17.8 Å². The van der Waals surface area contributed by atoms with E-state index in [1.165, 1.54) is 12.8 Å². The smallest absolute Gasteiger partial charge is 0.274 e. The number of hydrogen-bond acceptors (Lipinski definition) is 3. The molecule has 1 N–H and O–H groups in total. The highest BCUT2D eigenvalue weighted by atomic mass is 35.5. The third kappa shape index (κ3) is 3.19. The molecule has 1 amide bonds. The molecule has 2 bridgehead atoms. The number of aromatic nitrogens is 2. The molecule has 2 aliphatic heterocycles. The SMILES string of the molecule is Cc1cc(C(=O)N2CCC3CCC(C2)N3)nn1-c1ccccc1.Cl. The average molecular weight is 347 g/mol. The van der Waals surface area contributed by atoms with Gasteiger partial charge in [0.2, 0.25) is 0 Å². The number of hydrogen-bond donors (Lipinski definition) is 1. The third-order valence-electron chi connectivity index (χ3n) is 4.92. The minimum absolute atomic E-state index is 0. The van der Waals surface area contributed by atoms with E-state index in [1.54, 1.807) is 0 Å². The Balaban J connectivity index is 0.00000169. The van der Waals surface area contributed by atoms with Crippen LogP contribution in [-0.2, 0) is 0 Å². The summed E-state index contributed by atoms with van der Waals surface area (Å²) in [5, 5.41) is 8.16. The fourth-order valence-electron chi connectivity index (χ4n) is 3.70. The summed E-state index contributed by atoms with van der Waals surface area (Å²) in [6, 6.07) is 12.9. The summed E-state index contributed by atoms with van der Waals surface area (Å²) in [6.07, 6.45) is 3.46. The number of para-hydroxylation sites is 1. The van der Waals surface area contributed by atoms with Gasteiger partial charge in [-0.2, -0.15) is 5.10 Å². The zero-order valence-electron chi connectivity index (χ0n) is 13.8. The van der Waals surface area contributed by atoms with Gasteiger partial charge in [0.15, 0.2) is 5.69 Å². The molecule has 2 aliphatic rings. The first kappa shape index (κ1) is 17.0. The van der Waals surface area contributed by atoms with Crippen LogP contribution >= 0.6 is 12.4 Å². The van der Waals surface area contributed by atoms with Crippen molar-refractivity contribution in [2.24, 2.45) is 0 Å². The molecule has 2 fully saturated rings. The lowest BCUT2D eigenvalue weighted by Crippen LogP contribution is -2.39. The van der Waals surface area contributed by atoms with Gasteiger partial charge in [0.25, 0.3) is 5.91 Å². The van der Waals surface area contributed by atoms with Crippen molar-refractivity contribution >= 4 is 18.3 Å². The number of benzene rings is 1. The van der Waals surface area contributed by atoms with Gasteiger partial charge in [-0.3, -0.25) is 4.79 Å². The average Bonchev–Trinajstić information content (AvgIpc) is 3.10. The van der Waals surface area contributed by atoms with Crippen molar-refractivity contribution < 1.29 is 4.79 Å². The molecule has 1 aromatic carbocycles. The van der Waals surface area contributed by atoms with E-state index in [4.69, 9.17) is 0 Å². The van der Waals surface area contributed by atoms with Crippen LogP contribution in [0.2, 0.25) is 0 Å². The monoisotopic (exact) mass is 346 g/mol. The highest BCUT2D eigenvalue weighted by molar-refractivity contribution is 5.92. The quantitative estimate of drug-likeness (QED) is 0.909. The molecule has 2 unspecified atom stereocenters. The zero-order valence-corrected chi connectivity index (χ0v) is 14.6. The Morgan fingerprint density at radius 3 is 2.71 bits per heavy atom. The predicted octanol–water partition coefficient (Wildman–Crippen LogP) is 2.57. The van der Waals surface area contributed by atoms with Crippen LogP contribution in [-0.4, -0.2) is 45.8 Å². The Bertz CT molecular complexity index is 715. The molecule has 5 nitrogen and oxygen atoms in total. The standard InChI is InChI=1S/C18H22N4O.ClH/c1-13-11-17(20-22(13)16-5-3-2-4-6-16)18(23)21-10-9-14-7-8-15(12-21)19-14;/h2-6,11,14-15,19H,7-10,12H2,1H3;1H. The highest BCUT2D eigenvalue weighted by Crippen LogP contribution is 2.22. The second kappa shape index (κ2) is 6.95. The van der Waals surface area contributed by atoms with Crippen molar-refractivity contribution in [3.63, 3.8) is 0 Å². The Hall–Kier alpha value is -1.85. The maximum absolute atomic E-state index is 12.8. The molecular formula is C18H23ClN4O. The summed E-state index contributed by atoms with van der Waals surface area (Å²) < 4.78 is 1.84. The Morgan fingerprint density at radius 1 is 1.17 bits per heavy atom. The number of nitrogens with one attached hydrogen (secondary N) is 1. The lowest BCUT2D eigenvalue weighted by atomic mass is 10.1. The Labute approximate surface area is 148 Å². The summed E-state index contributed by atoms with van der Waals surface area (Å²) >= 11 is 0. The van der Waals surface area contributed by atoms with Gasteiger partial charge in [-0.15, -0.1) is 12.4 Å². The lowest BCUT2D eigenvalue weighted by Gasteiger charge is -2.23. The number of carbonyl (C=O) groups is 1. The number of fused-ring (bicyclic) bond motifs is 2. The molecule has 0 spiro atoms. The minimum atomic E-state index is 0. The molecule has 4 rings (SSSR count). The number of likely N-dealkylation sites (tertiary alicyclic amines) is 1. The van der Waals surface area contributed by atoms with Gasteiger partial charge in [0, 0.05) is 30.9 Å². The van der Waals surface area contributed by atoms with Crippen LogP contribution in [0.1, 0.15) is 35.4 Å². The molecule has 0 aliphatic carbocycles. The second-order valence-electron chi connectivity index (χ2n) is 6.60. The van der Waals surface area contributed by atoms with Crippen molar-refractivity contribution in [3.05, 3.63) is 47.8 Å².